The van der Waals surface area contributed by atoms with E-state index >= 15 is 0 Å². The van der Waals surface area contributed by atoms with Gasteiger partial charge in [0, 0.05) is 12.4 Å². The lowest BCUT2D eigenvalue weighted by molar-refractivity contribution is 0.175. The number of nitrogens with zero attached hydrogens (tertiary/aromatic N) is 2. The van der Waals surface area contributed by atoms with Crippen LogP contribution in [0.1, 0.15) is 19.8 Å². The summed E-state index contributed by atoms with van der Waals surface area (Å²) in [7, 11) is 2.21. The fourth-order valence-electron chi connectivity index (χ4n) is 1.88. The highest BCUT2D eigenvalue weighted by molar-refractivity contribution is 7.80. The van der Waals surface area contributed by atoms with Crippen LogP contribution in [0.15, 0.2) is 0 Å². The van der Waals surface area contributed by atoms with Crippen molar-refractivity contribution < 1.29 is 0 Å². The van der Waals surface area contributed by atoms with Crippen molar-refractivity contribution in [2.24, 2.45) is 5.92 Å². The number of hydrogen-bond acceptors (Lipinski definition) is 3. The molecule has 2 nitrogen and oxygen atoms in total. The van der Waals surface area contributed by atoms with Crippen LogP contribution >= 0.6 is 12.6 Å². The highest BCUT2D eigenvalue weighted by atomic mass is 32.1. The molecule has 0 aliphatic carbocycles. The molecular formula is C10H22N2S. The Kier molecular flexibility index (Phi) is 5.14. The molecule has 1 aliphatic rings. The number of thiol groups is 1. The van der Waals surface area contributed by atoms with Crippen LogP contribution in [0.25, 0.3) is 0 Å². The van der Waals surface area contributed by atoms with Crippen LogP contribution in [0.2, 0.25) is 0 Å². The van der Waals surface area contributed by atoms with Gasteiger partial charge in [0.25, 0.3) is 0 Å². The summed E-state index contributed by atoms with van der Waals surface area (Å²) in [4.78, 5) is 4.84. The van der Waals surface area contributed by atoms with Crippen LogP contribution in [0.5, 0.6) is 0 Å². The highest BCUT2D eigenvalue weighted by Gasteiger charge is 2.18. The van der Waals surface area contributed by atoms with E-state index in [0.29, 0.717) is 0 Å². The third kappa shape index (κ3) is 3.88. The zero-order chi connectivity index (χ0) is 9.68. The average molecular weight is 202 g/mol. The summed E-state index contributed by atoms with van der Waals surface area (Å²) in [6.45, 7) is 7.16. The van der Waals surface area contributed by atoms with Crippen molar-refractivity contribution in [2.75, 3.05) is 39.1 Å². The standard InChI is InChI=1S/C10H22N2S/c1-3-11(2)8-10-4-6-12(9-13)7-5-10/h10,13H,3-9H2,1-2H3. The van der Waals surface area contributed by atoms with Crippen LogP contribution in [-0.2, 0) is 0 Å². The number of hydrogen-bond donors (Lipinski definition) is 1. The van der Waals surface area contributed by atoms with Gasteiger partial charge in [0.15, 0.2) is 0 Å². The fraction of sp³-hybridized carbons (Fsp3) is 1.00. The molecule has 0 N–H and O–H groups in total. The van der Waals surface area contributed by atoms with Crippen molar-refractivity contribution in [1.29, 1.82) is 0 Å². The van der Waals surface area contributed by atoms with Crippen molar-refractivity contribution in [3.05, 3.63) is 0 Å². The first-order chi connectivity index (χ1) is 6.26. The summed E-state index contributed by atoms with van der Waals surface area (Å²) in [6.07, 6.45) is 2.70. The molecule has 1 heterocycles. The van der Waals surface area contributed by atoms with Crippen molar-refractivity contribution in [3.63, 3.8) is 0 Å². The van der Waals surface area contributed by atoms with Crippen LogP contribution in [0.3, 0.4) is 0 Å². The molecule has 0 amide bonds. The molecule has 1 aliphatic heterocycles. The third-order valence-electron chi connectivity index (χ3n) is 3.02. The summed E-state index contributed by atoms with van der Waals surface area (Å²) >= 11 is 4.30. The van der Waals surface area contributed by atoms with Gasteiger partial charge in [-0.15, -0.1) is 0 Å². The van der Waals surface area contributed by atoms with Crippen LogP contribution in [0, 0.1) is 5.92 Å². The SMILES string of the molecule is CCN(C)CC1CCN(CS)CC1. The Bertz CT molecular complexity index is 133. The van der Waals surface area contributed by atoms with Gasteiger partial charge in [-0.05, 0) is 45.4 Å². The Morgan fingerprint density at radius 3 is 2.46 bits per heavy atom. The van der Waals surface area contributed by atoms with Gasteiger partial charge in [0.05, 0.1) is 0 Å². The van der Waals surface area contributed by atoms with Crippen LogP contribution < -0.4 is 0 Å². The van der Waals surface area contributed by atoms with Crippen LogP contribution in [-0.4, -0.2) is 48.9 Å². The maximum absolute atomic E-state index is 4.30. The summed E-state index contributed by atoms with van der Waals surface area (Å²) in [6, 6.07) is 0. The van der Waals surface area contributed by atoms with Gasteiger partial charge in [0.1, 0.15) is 0 Å². The first kappa shape index (κ1) is 11.3. The molecule has 0 atom stereocenters. The molecule has 0 aromatic carbocycles. The summed E-state index contributed by atoms with van der Waals surface area (Å²) in [5, 5.41) is 0. The van der Waals surface area contributed by atoms with Crippen molar-refractivity contribution in [2.45, 2.75) is 19.8 Å². The molecular weight excluding hydrogens is 180 g/mol. The summed E-state index contributed by atoms with van der Waals surface area (Å²) in [5.41, 5.74) is 0. The number of rotatable bonds is 4. The molecule has 0 saturated carbocycles. The first-order valence-corrected chi connectivity index (χ1v) is 5.91. The van der Waals surface area contributed by atoms with Gasteiger partial charge in [-0.25, -0.2) is 0 Å². The van der Waals surface area contributed by atoms with E-state index in [2.05, 4.69) is 36.4 Å². The minimum absolute atomic E-state index is 0.918. The smallest absolute Gasteiger partial charge is 0.0414 e. The predicted molar refractivity (Wildman–Crippen MR) is 61.3 cm³/mol. The van der Waals surface area contributed by atoms with E-state index in [-0.39, 0.29) is 0 Å². The summed E-state index contributed by atoms with van der Waals surface area (Å²) in [5.74, 6) is 1.84. The Balaban J connectivity index is 2.17. The second-order valence-electron chi connectivity index (χ2n) is 4.06. The molecule has 3 heteroatoms. The fourth-order valence-corrected chi connectivity index (χ4v) is 2.16. The largest absolute Gasteiger partial charge is 0.306 e. The molecule has 0 aromatic heterocycles. The molecule has 1 saturated heterocycles. The topological polar surface area (TPSA) is 6.48 Å². The zero-order valence-electron chi connectivity index (χ0n) is 8.87. The Morgan fingerprint density at radius 1 is 1.38 bits per heavy atom. The van der Waals surface area contributed by atoms with E-state index in [1.54, 1.807) is 0 Å². The molecule has 1 fully saturated rings. The third-order valence-corrected chi connectivity index (χ3v) is 3.42. The van der Waals surface area contributed by atoms with E-state index in [9.17, 15) is 0 Å². The van der Waals surface area contributed by atoms with Gasteiger partial charge in [-0.1, -0.05) is 6.92 Å². The van der Waals surface area contributed by atoms with Gasteiger partial charge < -0.3 is 4.90 Å². The minimum atomic E-state index is 0.918. The van der Waals surface area contributed by atoms with E-state index in [0.717, 1.165) is 11.8 Å². The maximum Gasteiger partial charge on any atom is 0.0414 e. The monoisotopic (exact) mass is 202 g/mol. The quantitative estimate of drug-likeness (QED) is 0.691. The van der Waals surface area contributed by atoms with Gasteiger partial charge >= 0.3 is 0 Å². The molecule has 0 bridgehead atoms. The van der Waals surface area contributed by atoms with Crippen molar-refractivity contribution >= 4 is 12.6 Å². The van der Waals surface area contributed by atoms with Crippen molar-refractivity contribution in [3.8, 4) is 0 Å². The molecule has 0 spiro atoms. The second kappa shape index (κ2) is 5.89. The lowest BCUT2D eigenvalue weighted by Crippen LogP contribution is -2.37. The molecule has 0 aromatic rings. The van der Waals surface area contributed by atoms with Crippen molar-refractivity contribution in [1.82, 2.24) is 9.80 Å². The predicted octanol–water partition coefficient (Wildman–Crippen LogP) is 1.54. The molecule has 1 rings (SSSR count). The van der Waals surface area contributed by atoms with Crippen LogP contribution in [0.4, 0.5) is 0 Å². The van der Waals surface area contributed by atoms with E-state index in [1.807, 2.05) is 0 Å². The van der Waals surface area contributed by atoms with E-state index in [1.165, 1.54) is 39.0 Å². The zero-order valence-corrected chi connectivity index (χ0v) is 9.76. The lowest BCUT2D eigenvalue weighted by atomic mass is 9.97. The first-order valence-electron chi connectivity index (χ1n) is 5.28. The van der Waals surface area contributed by atoms with Gasteiger partial charge in [0.2, 0.25) is 0 Å². The molecule has 78 valence electrons. The highest BCUT2D eigenvalue weighted by Crippen LogP contribution is 2.17. The molecule has 0 unspecified atom stereocenters. The maximum atomic E-state index is 4.30. The minimum Gasteiger partial charge on any atom is -0.306 e. The van der Waals surface area contributed by atoms with E-state index in [4.69, 9.17) is 0 Å². The average Bonchev–Trinajstić information content (AvgIpc) is 2.19. The Morgan fingerprint density at radius 2 is 2.00 bits per heavy atom. The Hall–Kier alpha value is 0.270. The second-order valence-corrected chi connectivity index (χ2v) is 4.34. The normalized spacial score (nSPS) is 21.2. The molecule has 0 radical (unpaired) electrons. The number of likely N-dealkylation sites (tertiary alicyclic amines) is 1. The van der Waals surface area contributed by atoms with E-state index < -0.39 is 0 Å². The lowest BCUT2D eigenvalue weighted by Gasteiger charge is -2.32. The summed E-state index contributed by atoms with van der Waals surface area (Å²) < 4.78 is 0. The number of piperidine rings is 1. The Labute approximate surface area is 87.7 Å². The van der Waals surface area contributed by atoms with Gasteiger partial charge in [-0.3, -0.25) is 4.90 Å². The van der Waals surface area contributed by atoms with Gasteiger partial charge in [-0.2, -0.15) is 12.6 Å². The molecule has 13 heavy (non-hydrogen) atoms.